The van der Waals surface area contributed by atoms with Crippen LogP contribution < -0.4 is 4.06 Å². The van der Waals surface area contributed by atoms with E-state index in [1.54, 1.807) is 0 Å². The topological polar surface area (TPSA) is 22.0 Å². The van der Waals surface area contributed by atoms with E-state index in [-0.39, 0.29) is 4.06 Å². The Morgan fingerprint density at radius 1 is 1.18 bits per heavy atom. The molecule has 0 unspecified atom stereocenters. The molecule has 0 spiro atoms. The Balaban J connectivity index is 2.44. The molecule has 86 valence electrons. The normalized spacial score (nSPS) is 11.1. The van der Waals surface area contributed by atoms with Crippen molar-refractivity contribution in [3.63, 3.8) is 0 Å². The Morgan fingerprint density at radius 3 is 2.71 bits per heavy atom. The van der Waals surface area contributed by atoms with Crippen LogP contribution in [0.1, 0.15) is 0 Å². The summed E-state index contributed by atoms with van der Waals surface area (Å²) in [6.45, 7) is 0. The lowest BCUT2D eigenvalue weighted by Crippen LogP contribution is -1.95. The molecular formula is C10H4INOS4. The minimum Gasteiger partial charge on any atom is -0.281 e. The molecule has 1 aromatic carbocycles. The van der Waals surface area contributed by atoms with Crippen LogP contribution in [0, 0.1) is 7.52 Å². The smallest absolute Gasteiger partial charge is 0.281 e. The summed E-state index contributed by atoms with van der Waals surface area (Å²) in [5, 5.41) is 0. The molecule has 0 saturated heterocycles. The number of fused-ring (bicyclic) bond motifs is 1. The van der Waals surface area contributed by atoms with Gasteiger partial charge in [0.05, 0.1) is 5.69 Å². The van der Waals surface area contributed by atoms with Gasteiger partial charge in [-0.2, -0.15) is 0 Å². The van der Waals surface area contributed by atoms with E-state index in [4.69, 9.17) is 12.2 Å². The highest BCUT2D eigenvalue weighted by Gasteiger charge is 2.12. The molecule has 3 aromatic rings. The number of halogens is 1. The molecule has 2 nitrogen and oxygen atoms in total. The summed E-state index contributed by atoms with van der Waals surface area (Å²) in [5.41, 5.74) is 1.05. The molecule has 0 atom stereocenters. The van der Waals surface area contributed by atoms with Crippen LogP contribution in [0.5, 0.6) is 0 Å². The zero-order valence-corrected chi connectivity index (χ0v) is 13.6. The van der Waals surface area contributed by atoms with Crippen molar-refractivity contribution in [1.29, 1.82) is 0 Å². The number of aromatic nitrogens is 1. The molecule has 0 N–H and O–H groups in total. The average Bonchev–Trinajstić information content (AvgIpc) is 2.75. The summed E-state index contributed by atoms with van der Waals surface area (Å²) in [6, 6.07) is 8.04. The van der Waals surface area contributed by atoms with Gasteiger partial charge >= 0.3 is 0 Å². The summed E-state index contributed by atoms with van der Waals surface area (Å²) in [7, 11) is 0. The van der Waals surface area contributed by atoms with Crippen LogP contribution in [-0.4, -0.2) is 4.57 Å². The third kappa shape index (κ3) is 2.03. The summed E-state index contributed by atoms with van der Waals surface area (Å²) in [6.07, 6.45) is 0. The Labute approximate surface area is 127 Å². The Morgan fingerprint density at radius 2 is 1.94 bits per heavy atom. The lowest BCUT2D eigenvalue weighted by molar-refractivity contribution is 1.12. The van der Waals surface area contributed by atoms with Gasteiger partial charge in [-0.25, -0.2) is 0 Å². The van der Waals surface area contributed by atoms with Crippen molar-refractivity contribution in [2.45, 2.75) is 0 Å². The molecule has 17 heavy (non-hydrogen) atoms. The monoisotopic (exact) mass is 409 g/mol. The summed E-state index contributed by atoms with van der Waals surface area (Å²) >= 11 is 11.7. The minimum atomic E-state index is 0.126. The first-order valence-corrected chi connectivity index (χ1v) is 8.51. The highest BCUT2D eigenvalue weighted by Crippen LogP contribution is 2.32. The summed E-state index contributed by atoms with van der Waals surface area (Å²) in [5.74, 6) is 0. The van der Waals surface area contributed by atoms with Gasteiger partial charge in [-0.15, -0.1) is 0 Å². The van der Waals surface area contributed by atoms with E-state index in [0.29, 0.717) is 0 Å². The highest BCUT2D eigenvalue weighted by atomic mass is 127. The van der Waals surface area contributed by atoms with Crippen molar-refractivity contribution in [3.05, 3.63) is 40.6 Å². The first-order valence-electron chi connectivity index (χ1n) is 4.57. The van der Waals surface area contributed by atoms with Crippen LogP contribution >= 0.6 is 68.8 Å². The largest absolute Gasteiger partial charge is 0.290 e. The fraction of sp³-hybridized carbons (Fsp3) is 0. The first-order chi connectivity index (χ1) is 8.16. The van der Waals surface area contributed by atoms with Crippen molar-refractivity contribution in [2.24, 2.45) is 0 Å². The first kappa shape index (κ1) is 12.0. The number of hydrogen-bond acceptors (Lipinski definition) is 5. The van der Waals surface area contributed by atoms with Crippen molar-refractivity contribution >= 4 is 77.7 Å². The third-order valence-corrected chi connectivity index (χ3v) is 6.82. The fourth-order valence-corrected chi connectivity index (χ4v) is 6.27. The molecule has 0 amide bonds. The van der Waals surface area contributed by atoms with Crippen LogP contribution in [0.4, 0.5) is 0 Å². The second-order valence-electron chi connectivity index (χ2n) is 3.20. The second-order valence-corrected chi connectivity index (χ2v) is 8.47. The van der Waals surface area contributed by atoms with Gasteiger partial charge in [0, 0.05) is 3.57 Å². The van der Waals surface area contributed by atoms with Gasteiger partial charge in [0.1, 0.15) is 8.84 Å². The van der Waals surface area contributed by atoms with Gasteiger partial charge in [-0.05, 0) is 46.9 Å². The van der Waals surface area contributed by atoms with Crippen LogP contribution in [0.25, 0.3) is 14.5 Å². The lowest BCUT2D eigenvalue weighted by atomic mass is 10.3. The van der Waals surface area contributed by atoms with Gasteiger partial charge < -0.3 is 0 Å². The molecule has 7 heteroatoms. The molecule has 3 rings (SSSR count). The summed E-state index contributed by atoms with van der Waals surface area (Å²) < 4.78 is 5.07. The van der Waals surface area contributed by atoms with Crippen molar-refractivity contribution < 1.29 is 0 Å². The number of hydrogen-bond donors (Lipinski definition) is 0. The molecule has 0 aliphatic heterocycles. The van der Waals surface area contributed by atoms with E-state index >= 15 is 0 Å². The van der Waals surface area contributed by atoms with E-state index in [0.717, 1.165) is 22.1 Å². The molecule has 0 fully saturated rings. The van der Waals surface area contributed by atoms with Gasteiger partial charge in [-0.1, -0.05) is 46.1 Å². The molecule has 0 bridgehead atoms. The number of para-hydroxylation sites is 1. The maximum absolute atomic E-state index is 11.4. The molecule has 2 aromatic heterocycles. The van der Waals surface area contributed by atoms with Crippen LogP contribution in [0.2, 0.25) is 0 Å². The minimum absolute atomic E-state index is 0.126. The Kier molecular flexibility index (Phi) is 3.20. The van der Waals surface area contributed by atoms with Crippen LogP contribution in [-0.2, 0) is 0 Å². The highest BCUT2D eigenvalue weighted by molar-refractivity contribution is 14.1. The number of thiazole rings is 1. The molecule has 0 saturated carbocycles. The lowest BCUT2D eigenvalue weighted by Gasteiger charge is -2.05. The van der Waals surface area contributed by atoms with Crippen LogP contribution in [0.3, 0.4) is 0 Å². The second kappa shape index (κ2) is 4.54. The number of benzene rings is 1. The predicted molar refractivity (Wildman–Crippen MR) is 86.7 cm³/mol. The van der Waals surface area contributed by atoms with E-state index in [1.807, 2.05) is 28.8 Å². The Bertz CT molecular complexity index is 809. The van der Waals surface area contributed by atoms with E-state index in [1.165, 1.54) is 34.0 Å². The van der Waals surface area contributed by atoms with E-state index in [9.17, 15) is 4.79 Å². The molecular weight excluding hydrogens is 405 g/mol. The fourth-order valence-electron chi connectivity index (χ4n) is 1.51. The SMILES string of the molecule is O=c1sc2sc(=S)n(-c3ccccc3I)c2s1. The number of nitrogens with zero attached hydrogens (tertiary/aromatic N) is 1. The zero-order valence-electron chi connectivity index (χ0n) is 8.18. The maximum Gasteiger partial charge on any atom is 0.290 e. The third-order valence-electron chi connectivity index (χ3n) is 2.19. The number of rotatable bonds is 1. The zero-order chi connectivity index (χ0) is 12.0. The quantitative estimate of drug-likeness (QED) is 0.436. The van der Waals surface area contributed by atoms with Gasteiger partial charge in [0.25, 0.3) is 4.06 Å². The van der Waals surface area contributed by atoms with Crippen molar-refractivity contribution in [3.8, 4) is 5.69 Å². The molecule has 0 aliphatic carbocycles. The van der Waals surface area contributed by atoms with Gasteiger partial charge in [0.15, 0.2) is 3.95 Å². The average molecular weight is 409 g/mol. The Hall–Kier alpha value is -0.0900. The predicted octanol–water partition coefficient (Wildman–Crippen LogP) is 4.51. The molecule has 0 aliphatic rings. The van der Waals surface area contributed by atoms with Crippen LogP contribution in [0.15, 0.2) is 29.1 Å². The molecule has 2 heterocycles. The molecule has 0 radical (unpaired) electrons. The van der Waals surface area contributed by atoms with Gasteiger partial charge in [-0.3, -0.25) is 9.36 Å². The summed E-state index contributed by atoms with van der Waals surface area (Å²) in [4.78, 5) is 12.4. The van der Waals surface area contributed by atoms with Gasteiger partial charge in [0.2, 0.25) is 0 Å². The van der Waals surface area contributed by atoms with Crippen molar-refractivity contribution in [2.75, 3.05) is 0 Å². The van der Waals surface area contributed by atoms with Crippen molar-refractivity contribution in [1.82, 2.24) is 4.57 Å². The maximum atomic E-state index is 11.4. The van der Waals surface area contributed by atoms with E-state index < -0.39 is 0 Å². The standard InChI is InChI=1S/C10H4INOS4/c11-5-3-1-2-4-6(5)12-7-8(16-9(12)14)17-10(13)15-7/h1-4H. The van der Waals surface area contributed by atoms with E-state index in [2.05, 4.69) is 22.6 Å².